The van der Waals surface area contributed by atoms with Crippen LogP contribution in [-0.4, -0.2) is 19.6 Å². The predicted molar refractivity (Wildman–Crippen MR) is 239 cm³/mol. The molecule has 0 unspecified atom stereocenters. The predicted octanol–water partition coefficient (Wildman–Crippen LogP) is 13.9. The van der Waals surface area contributed by atoms with Gasteiger partial charge in [0.25, 0.3) is 0 Å². The van der Waals surface area contributed by atoms with Crippen molar-refractivity contribution in [2.45, 2.75) is 67.2 Å². The average Bonchev–Trinajstić information content (AvgIpc) is 3.63. The van der Waals surface area contributed by atoms with Crippen molar-refractivity contribution in [3.63, 3.8) is 0 Å². The molecular formula is C53H51N3O. The van der Waals surface area contributed by atoms with Gasteiger partial charge in [-0.3, -0.25) is 9.55 Å². The fraction of sp³-hybridized carbons (Fsp3) is 0.208. The number of imidazole rings is 1. The molecule has 0 spiro atoms. The van der Waals surface area contributed by atoms with Gasteiger partial charge in [0, 0.05) is 27.1 Å². The first-order valence-corrected chi connectivity index (χ1v) is 19.5. The number of benzene rings is 6. The maximum absolute atomic E-state index is 11.7. The quantitative estimate of drug-likeness (QED) is 0.168. The summed E-state index contributed by atoms with van der Waals surface area (Å²) in [6.45, 7) is 12.0. The van der Waals surface area contributed by atoms with Gasteiger partial charge in [0.1, 0.15) is 11.6 Å². The Morgan fingerprint density at radius 1 is 0.702 bits per heavy atom. The van der Waals surface area contributed by atoms with Crippen LogP contribution in [-0.2, 0) is 11.8 Å². The minimum atomic E-state index is -2.81. The molecule has 57 heavy (non-hydrogen) atoms. The van der Waals surface area contributed by atoms with E-state index >= 15 is 0 Å². The summed E-state index contributed by atoms with van der Waals surface area (Å²) >= 11 is 0. The van der Waals surface area contributed by atoms with Gasteiger partial charge in [0.2, 0.25) is 0 Å². The molecule has 8 rings (SSSR count). The van der Waals surface area contributed by atoms with Gasteiger partial charge in [0.05, 0.1) is 27.8 Å². The number of pyridine rings is 1. The van der Waals surface area contributed by atoms with Crippen LogP contribution in [0.5, 0.6) is 5.75 Å². The van der Waals surface area contributed by atoms with E-state index in [9.17, 15) is 5.11 Å². The van der Waals surface area contributed by atoms with Crippen molar-refractivity contribution in [3.05, 3.63) is 167 Å². The standard InChI is InChI=1S/C53H51N3O/c1-33(2)25-40-31-44(21-22-45(40)38-13-10-9-11-14-38)56-49-16-12-15-46(50(49)55-52(56)47-27-35(4)26-36(5)51(47)57)41-28-42(30-43(29-41)53(6,7)8)48-32-39(23-24-54-48)37-19-17-34(3)18-20-37/h9-24,26-33,57H,25H2,1-8H3/i3D3,17D,18D,19D,20D. The summed E-state index contributed by atoms with van der Waals surface area (Å²) in [5.74, 6) is 1.19. The lowest BCUT2D eigenvalue weighted by Gasteiger charge is -2.22. The summed E-state index contributed by atoms with van der Waals surface area (Å²) in [5, 5.41) is 11.7. The van der Waals surface area contributed by atoms with Crippen LogP contribution in [0, 0.1) is 26.6 Å². The Balaban J connectivity index is 1.36. The molecular weight excluding hydrogens is 695 g/mol. The molecule has 2 heterocycles. The lowest BCUT2D eigenvalue weighted by atomic mass is 9.83. The first-order chi connectivity index (χ1) is 30.2. The third-order valence-electron chi connectivity index (χ3n) is 10.5. The smallest absolute Gasteiger partial charge is 0.149 e. The van der Waals surface area contributed by atoms with Crippen molar-refractivity contribution in [3.8, 4) is 67.5 Å². The number of hydrogen-bond donors (Lipinski definition) is 1. The molecule has 0 aliphatic rings. The molecule has 284 valence electrons. The highest BCUT2D eigenvalue weighted by atomic mass is 16.3. The lowest BCUT2D eigenvalue weighted by molar-refractivity contribution is 0.472. The van der Waals surface area contributed by atoms with Gasteiger partial charge in [-0.15, -0.1) is 0 Å². The summed E-state index contributed by atoms with van der Waals surface area (Å²) in [4.78, 5) is 10.2. The van der Waals surface area contributed by atoms with Gasteiger partial charge in [-0.2, -0.15) is 0 Å². The van der Waals surface area contributed by atoms with Crippen LogP contribution in [0.2, 0.25) is 0 Å². The van der Waals surface area contributed by atoms with E-state index in [4.69, 9.17) is 19.6 Å². The van der Waals surface area contributed by atoms with Crippen molar-refractivity contribution in [2.75, 3.05) is 0 Å². The normalized spacial score (nSPS) is 13.8. The van der Waals surface area contributed by atoms with Gasteiger partial charge in [0.15, 0.2) is 0 Å². The molecule has 4 heteroatoms. The van der Waals surface area contributed by atoms with E-state index in [0.29, 0.717) is 28.6 Å². The minimum absolute atomic E-state index is 0.00433. The van der Waals surface area contributed by atoms with Crippen LogP contribution in [0.3, 0.4) is 0 Å². The Bertz CT molecular complexity index is 3080. The van der Waals surface area contributed by atoms with Crippen LogP contribution >= 0.6 is 0 Å². The van der Waals surface area contributed by atoms with E-state index in [1.54, 1.807) is 18.3 Å². The summed E-state index contributed by atoms with van der Waals surface area (Å²) in [7, 11) is 0. The van der Waals surface area contributed by atoms with Crippen LogP contribution in [0.15, 0.2) is 140 Å². The number of hydrogen-bond acceptors (Lipinski definition) is 3. The number of rotatable bonds is 8. The zero-order valence-electron chi connectivity index (χ0n) is 40.5. The topological polar surface area (TPSA) is 50.9 Å². The van der Waals surface area contributed by atoms with Gasteiger partial charge in [-0.05, 0) is 137 Å². The summed E-state index contributed by atoms with van der Waals surface area (Å²) in [5.41, 5.74) is 12.0. The number of nitrogens with zero attached hydrogens (tertiary/aromatic N) is 3. The van der Waals surface area contributed by atoms with Crippen molar-refractivity contribution in [2.24, 2.45) is 5.92 Å². The molecule has 8 aromatic rings. The summed E-state index contributed by atoms with van der Waals surface area (Å²) in [6.07, 6.45) is 2.44. The number of aromatic nitrogens is 3. The molecule has 0 atom stereocenters. The number of fused-ring (bicyclic) bond motifs is 1. The van der Waals surface area contributed by atoms with Crippen molar-refractivity contribution >= 4 is 11.0 Å². The van der Waals surface area contributed by atoms with E-state index in [0.717, 1.165) is 62.1 Å². The zero-order chi connectivity index (χ0) is 46.0. The van der Waals surface area contributed by atoms with Crippen molar-refractivity contribution < 1.29 is 14.7 Å². The number of phenolic OH excluding ortho intramolecular Hbond substituents is 1. The highest BCUT2D eigenvalue weighted by Gasteiger charge is 2.24. The maximum atomic E-state index is 11.7. The van der Waals surface area contributed by atoms with Gasteiger partial charge in [-0.1, -0.05) is 125 Å². The third kappa shape index (κ3) is 7.52. The Labute approximate surface area is 347 Å². The molecule has 0 saturated carbocycles. The first-order valence-electron chi connectivity index (χ1n) is 23.0. The Morgan fingerprint density at radius 3 is 2.21 bits per heavy atom. The van der Waals surface area contributed by atoms with Gasteiger partial charge in [-0.25, -0.2) is 4.98 Å². The van der Waals surface area contributed by atoms with Gasteiger partial charge < -0.3 is 5.11 Å². The Kier molecular flexibility index (Phi) is 7.88. The van der Waals surface area contributed by atoms with E-state index in [2.05, 4.69) is 106 Å². The molecule has 4 nitrogen and oxygen atoms in total. The monoisotopic (exact) mass is 752 g/mol. The third-order valence-corrected chi connectivity index (χ3v) is 10.5. The highest BCUT2D eigenvalue weighted by molar-refractivity contribution is 5.97. The second-order valence-corrected chi connectivity index (χ2v) is 16.5. The van der Waals surface area contributed by atoms with E-state index in [1.165, 1.54) is 11.1 Å². The van der Waals surface area contributed by atoms with Gasteiger partial charge >= 0.3 is 0 Å². The number of phenols is 1. The highest BCUT2D eigenvalue weighted by Crippen LogP contribution is 2.42. The first kappa shape index (κ1) is 30.0. The molecule has 0 aliphatic carbocycles. The second kappa shape index (κ2) is 15.0. The van der Waals surface area contributed by atoms with E-state index in [-0.39, 0.29) is 16.7 Å². The second-order valence-electron chi connectivity index (χ2n) is 16.5. The SMILES string of the molecule is [2H]c1c([2H])c(C([2H])([2H])[2H])c([2H])c([2H])c1-c1ccnc(-c2cc(-c3cccc4c3nc(-c3cc(C)cc(C)c3O)n4-c3ccc(-c4ccccc4)c(CC(C)C)c3)cc(C(C)(C)C)c2)c1. The molecule has 0 fully saturated rings. The zero-order valence-corrected chi connectivity index (χ0v) is 33.5. The maximum Gasteiger partial charge on any atom is 0.149 e. The molecule has 1 N–H and O–H groups in total. The molecule has 0 bridgehead atoms. The average molecular weight is 753 g/mol. The van der Waals surface area contributed by atoms with Crippen LogP contribution in [0.1, 0.15) is 72.0 Å². The fourth-order valence-electron chi connectivity index (χ4n) is 7.70. The van der Waals surface area contributed by atoms with Crippen LogP contribution < -0.4 is 0 Å². The lowest BCUT2D eigenvalue weighted by Crippen LogP contribution is -2.11. The van der Waals surface area contributed by atoms with E-state index < -0.39 is 36.6 Å². The fourth-order valence-corrected chi connectivity index (χ4v) is 7.70. The Morgan fingerprint density at radius 2 is 1.47 bits per heavy atom. The molecule has 0 amide bonds. The minimum Gasteiger partial charge on any atom is -0.507 e. The number of aryl methyl sites for hydroxylation is 2. The van der Waals surface area contributed by atoms with Crippen molar-refractivity contribution in [1.82, 2.24) is 14.5 Å². The van der Waals surface area contributed by atoms with E-state index in [1.807, 2.05) is 44.2 Å². The molecule has 0 saturated heterocycles. The van der Waals surface area contributed by atoms with Crippen LogP contribution in [0.25, 0.3) is 72.7 Å². The van der Waals surface area contributed by atoms with Crippen LogP contribution in [0.4, 0.5) is 0 Å². The molecule has 2 aromatic heterocycles. The largest absolute Gasteiger partial charge is 0.507 e. The molecule has 6 aromatic carbocycles. The molecule has 0 radical (unpaired) electrons. The number of para-hydroxylation sites is 1. The Hall–Kier alpha value is -6.26. The molecule has 0 aliphatic heterocycles. The number of aromatic hydroxyl groups is 1. The summed E-state index contributed by atoms with van der Waals surface area (Å²) in [6, 6.07) is 34.7. The van der Waals surface area contributed by atoms with Crippen molar-refractivity contribution in [1.29, 1.82) is 0 Å². The summed E-state index contributed by atoms with van der Waals surface area (Å²) < 4.78 is 60.4.